The van der Waals surface area contributed by atoms with Crippen molar-refractivity contribution in [1.29, 1.82) is 0 Å². The van der Waals surface area contributed by atoms with E-state index in [9.17, 15) is 14.7 Å². The number of Topliss-reactive ketones (excluding diaryl/α,β-unsaturated/α-hetero) is 1. The van der Waals surface area contributed by atoms with E-state index < -0.39 is 0 Å². The second-order valence-electron chi connectivity index (χ2n) is 13.7. The molecule has 4 aliphatic carbocycles. The Bertz CT molecular complexity index is 812. The van der Waals surface area contributed by atoms with E-state index >= 15 is 0 Å². The lowest BCUT2D eigenvalue weighted by Crippen LogP contribution is -2.57. The van der Waals surface area contributed by atoms with Gasteiger partial charge in [-0.15, -0.1) is 0 Å². The number of aliphatic hydroxyl groups excluding tert-OH is 1. The molecule has 0 spiro atoms. The van der Waals surface area contributed by atoms with Crippen LogP contribution in [0, 0.1) is 58.2 Å². The molecule has 4 rings (SSSR count). The van der Waals surface area contributed by atoms with Gasteiger partial charge in [0, 0.05) is 24.1 Å². The molecule has 1 N–H and O–H groups in total. The van der Waals surface area contributed by atoms with Crippen LogP contribution in [0.5, 0.6) is 0 Å². The molecule has 200 valence electrons. The maximum Gasteiger partial charge on any atom is 0.302 e. The van der Waals surface area contributed by atoms with Crippen molar-refractivity contribution in [2.75, 3.05) is 0 Å². The maximum atomic E-state index is 13.6. The van der Waals surface area contributed by atoms with E-state index in [4.69, 9.17) is 4.74 Å². The highest BCUT2D eigenvalue weighted by Gasteiger charge is 2.63. The van der Waals surface area contributed by atoms with E-state index in [1.54, 1.807) is 0 Å². The minimum absolute atomic E-state index is 0.0434. The zero-order chi connectivity index (χ0) is 25.9. The maximum absolute atomic E-state index is 13.6. The number of ether oxygens (including phenoxy) is 1. The number of halogens is 1. The van der Waals surface area contributed by atoms with E-state index in [-0.39, 0.29) is 45.7 Å². The fraction of sp³-hybridized carbons (Fsp3) is 0.933. The third-order valence-electron chi connectivity index (χ3n) is 11.9. The molecule has 0 aromatic heterocycles. The summed E-state index contributed by atoms with van der Waals surface area (Å²) < 4.78 is 5.55. The van der Waals surface area contributed by atoms with Gasteiger partial charge < -0.3 is 9.84 Å². The molecule has 4 aliphatic rings. The molecule has 4 fully saturated rings. The van der Waals surface area contributed by atoms with Crippen molar-refractivity contribution in [1.82, 2.24) is 0 Å². The highest BCUT2D eigenvalue weighted by molar-refractivity contribution is 9.09. The number of hydrogen-bond donors (Lipinski definition) is 1. The van der Waals surface area contributed by atoms with E-state index in [0.29, 0.717) is 47.7 Å². The average Bonchev–Trinajstić information content (AvgIpc) is 3.15. The monoisotopic (exact) mass is 552 g/mol. The number of ketones is 1. The Kier molecular flexibility index (Phi) is 7.92. The van der Waals surface area contributed by atoms with Gasteiger partial charge in [0.2, 0.25) is 0 Å². The molecule has 0 unspecified atom stereocenters. The van der Waals surface area contributed by atoms with Crippen molar-refractivity contribution in [3.05, 3.63) is 0 Å². The summed E-state index contributed by atoms with van der Waals surface area (Å²) in [5, 5.41) is 11.1. The summed E-state index contributed by atoms with van der Waals surface area (Å²) in [6, 6.07) is 0. The smallest absolute Gasteiger partial charge is 0.302 e. The number of carbonyl (C=O) groups excluding carboxylic acids is 2. The number of esters is 1. The molecule has 12 atom stereocenters. The molecule has 0 saturated heterocycles. The zero-order valence-corrected chi connectivity index (χ0v) is 24.6. The van der Waals surface area contributed by atoms with Crippen LogP contribution >= 0.6 is 15.9 Å². The van der Waals surface area contributed by atoms with E-state index in [1.165, 1.54) is 32.6 Å². The molecular weight excluding hydrogens is 504 g/mol. The number of carbonyl (C=O) groups is 2. The van der Waals surface area contributed by atoms with Crippen LogP contribution < -0.4 is 0 Å². The lowest BCUT2D eigenvalue weighted by molar-refractivity contribution is -0.169. The Labute approximate surface area is 221 Å². The Hall–Kier alpha value is -0.420. The molecule has 0 aromatic rings. The van der Waals surface area contributed by atoms with Gasteiger partial charge in [-0.2, -0.15) is 0 Å². The molecule has 4 saturated carbocycles. The van der Waals surface area contributed by atoms with Crippen LogP contribution in [0.25, 0.3) is 0 Å². The second kappa shape index (κ2) is 10.0. The Morgan fingerprint density at radius 1 is 1.03 bits per heavy atom. The van der Waals surface area contributed by atoms with Crippen LogP contribution in [-0.4, -0.2) is 33.9 Å². The SMILES string of the molecule is CC(=O)O[C@H]1CC[C@@]2(C)[C@H](C1)C(=O)C[C@@H]1[C@@H]2CC[C@]2(C)[C@@H]([C@H](C)[C@@H](Br)[C@@H](O)[C@H](C)C(C)C)CC[C@@H]12. The zero-order valence-electron chi connectivity index (χ0n) is 23.1. The van der Waals surface area contributed by atoms with Crippen molar-refractivity contribution in [2.24, 2.45) is 58.2 Å². The number of fused-ring (bicyclic) bond motifs is 5. The van der Waals surface area contributed by atoms with Crippen molar-refractivity contribution >= 4 is 27.7 Å². The summed E-state index contributed by atoms with van der Waals surface area (Å²) in [6.07, 6.45) is 7.74. The van der Waals surface area contributed by atoms with Gasteiger partial charge in [0.05, 0.1) is 6.10 Å². The van der Waals surface area contributed by atoms with Crippen molar-refractivity contribution in [2.45, 2.75) is 117 Å². The van der Waals surface area contributed by atoms with Crippen LogP contribution in [0.2, 0.25) is 0 Å². The fourth-order valence-electron chi connectivity index (χ4n) is 9.47. The summed E-state index contributed by atoms with van der Waals surface area (Å²) >= 11 is 3.94. The van der Waals surface area contributed by atoms with Crippen molar-refractivity contribution < 1.29 is 19.4 Å². The average molecular weight is 554 g/mol. The van der Waals surface area contributed by atoms with Crippen molar-refractivity contribution in [3.63, 3.8) is 0 Å². The topological polar surface area (TPSA) is 63.6 Å². The highest BCUT2D eigenvalue weighted by Crippen LogP contribution is 2.68. The Morgan fingerprint density at radius 3 is 2.29 bits per heavy atom. The lowest BCUT2D eigenvalue weighted by atomic mass is 9.44. The molecule has 35 heavy (non-hydrogen) atoms. The van der Waals surface area contributed by atoms with Gasteiger partial charge in [0.15, 0.2) is 0 Å². The lowest BCUT2D eigenvalue weighted by Gasteiger charge is -2.60. The van der Waals surface area contributed by atoms with Crippen LogP contribution in [0.15, 0.2) is 0 Å². The molecule has 0 aromatic carbocycles. The van der Waals surface area contributed by atoms with E-state index in [2.05, 4.69) is 57.5 Å². The van der Waals surface area contributed by atoms with Crippen LogP contribution in [0.1, 0.15) is 99.8 Å². The molecule has 0 heterocycles. The number of alkyl halides is 1. The normalized spacial score (nSPS) is 44.6. The molecule has 0 radical (unpaired) electrons. The van der Waals surface area contributed by atoms with Gasteiger partial charge in [-0.1, -0.05) is 57.5 Å². The third-order valence-corrected chi connectivity index (χ3v) is 13.2. The van der Waals surface area contributed by atoms with Gasteiger partial charge in [-0.05, 0) is 97.2 Å². The van der Waals surface area contributed by atoms with Crippen LogP contribution in [-0.2, 0) is 14.3 Å². The molecule has 0 aliphatic heterocycles. The number of aliphatic hydroxyl groups is 1. The van der Waals surface area contributed by atoms with Gasteiger partial charge in [0.1, 0.15) is 11.9 Å². The Balaban J connectivity index is 1.52. The summed E-state index contributed by atoms with van der Waals surface area (Å²) in [6.45, 7) is 15.3. The Morgan fingerprint density at radius 2 is 1.66 bits per heavy atom. The predicted molar refractivity (Wildman–Crippen MR) is 143 cm³/mol. The van der Waals surface area contributed by atoms with Gasteiger partial charge in [0.25, 0.3) is 0 Å². The molecule has 5 heteroatoms. The van der Waals surface area contributed by atoms with Gasteiger partial charge in [-0.3, -0.25) is 9.59 Å². The standard InChI is InChI=1S/C30H49BrO4/c1-16(2)17(3)28(34)27(31)18(4)22-8-9-23-21-15-26(33)25-14-20(35-19(5)32)10-12-30(25,7)24(21)11-13-29(22,23)6/h16-18,20-25,27-28,34H,8-15H2,1-7H3/t17-,18+,20+,21+,22-,23+,24+,25-,27-,28+,29-,30-/m1/s1. The molecular formula is C30H49BrO4. The van der Waals surface area contributed by atoms with Crippen LogP contribution in [0.4, 0.5) is 0 Å². The summed E-state index contributed by atoms with van der Waals surface area (Å²) in [5.41, 5.74) is 0.286. The minimum atomic E-state index is -0.340. The minimum Gasteiger partial charge on any atom is -0.463 e. The van der Waals surface area contributed by atoms with Gasteiger partial charge >= 0.3 is 5.97 Å². The van der Waals surface area contributed by atoms with Crippen LogP contribution in [0.3, 0.4) is 0 Å². The largest absolute Gasteiger partial charge is 0.463 e. The molecule has 4 nitrogen and oxygen atoms in total. The quantitative estimate of drug-likeness (QED) is 0.290. The van der Waals surface area contributed by atoms with Crippen molar-refractivity contribution in [3.8, 4) is 0 Å². The fourth-order valence-corrected chi connectivity index (χ4v) is 10.3. The second-order valence-corrected chi connectivity index (χ2v) is 14.8. The predicted octanol–water partition coefficient (Wildman–Crippen LogP) is 6.81. The summed E-state index contributed by atoms with van der Waals surface area (Å²) in [4.78, 5) is 25.2. The summed E-state index contributed by atoms with van der Waals surface area (Å²) in [7, 11) is 0. The highest BCUT2D eigenvalue weighted by atomic mass is 79.9. The van der Waals surface area contributed by atoms with Gasteiger partial charge in [-0.25, -0.2) is 0 Å². The first-order valence-electron chi connectivity index (χ1n) is 14.3. The molecule has 0 bridgehead atoms. The third kappa shape index (κ3) is 4.68. The summed E-state index contributed by atoms with van der Waals surface area (Å²) in [5.74, 6) is 3.62. The first-order valence-corrected chi connectivity index (χ1v) is 15.2. The number of hydrogen-bond acceptors (Lipinski definition) is 4. The number of rotatable bonds is 6. The molecule has 0 amide bonds. The first kappa shape index (κ1) is 27.6. The van der Waals surface area contributed by atoms with E-state index in [0.717, 1.165) is 19.3 Å². The first-order chi connectivity index (χ1) is 16.3. The van der Waals surface area contributed by atoms with E-state index in [1.807, 2.05) is 0 Å².